The average Bonchev–Trinajstić information content (AvgIpc) is 2.53. The van der Waals surface area contributed by atoms with Gasteiger partial charge in [-0.1, -0.05) is 26.7 Å². The summed E-state index contributed by atoms with van der Waals surface area (Å²) in [5.41, 5.74) is -0.187. The predicted molar refractivity (Wildman–Crippen MR) is 75.4 cm³/mol. The molecule has 1 saturated heterocycles. The van der Waals surface area contributed by atoms with E-state index < -0.39 is 9.84 Å². The molecule has 0 aromatic heterocycles. The quantitative estimate of drug-likeness (QED) is 0.858. The van der Waals surface area contributed by atoms with Gasteiger partial charge in [0.2, 0.25) is 0 Å². The van der Waals surface area contributed by atoms with E-state index in [1.807, 2.05) is 0 Å². The molecule has 4 heteroatoms. The Kier molecular flexibility index (Phi) is 4.07. The second kappa shape index (κ2) is 5.12. The van der Waals surface area contributed by atoms with E-state index in [1.165, 1.54) is 25.7 Å². The Hall–Kier alpha value is -0.0900. The molecule has 0 aromatic carbocycles. The van der Waals surface area contributed by atoms with Gasteiger partial charge in [-0.05, 0) is 38.0 Å². The van der Waals surface area contributed by atoms with Crippen molar-refractivity contribution in [3.8, 4) is 0 Å². The van der Waals surface area contributed by atoms with Crippen molar-refractivity contribution >= 4 is 9.84 Å². The van der Waals surface area contributed by atoms with Crippen LogP contribution in [0.2, 0.25) is 0 Å². The summed E-state index contributed by atoms with van der Waals surface area (Å²) < 4.78 is 23.3. The lowest BCUT2D eigenvalue weighted by molar-refractivity contribution is 0.171. The number of sulfone groups is 1. The molecule has 2 rings (SSSR count). The summed E-state index contributed by atoms with van der Waals surface area (Å²) in [5, 5.41) is 3.70. The second-order valence-corrected chi connectivity index (χ2v) is 9.03. The van der Waals surface area contributed by atoms with Gasteiger partial charge >= 0.3 is 0 Å². The lowest BCUT2D eigenvalue weighted by Crippen LogP contribution is -2.53. The van der Waals surface area contributed by atoms with Crippen LogP contribution in [0.15, 0.2) is 0 Å². The van der Waals surface area contributed by atoms with Crippen LogP contribution >= 0.6 is 0 Å². The van der Waals surface area contributed by atoms with Crippen LogP contribution in [0.4, 0.5) is 0 Å². The smallest absolute Gasteiger partial charge is 0.152 e. The van der Waals surface area contributed by atoms with Crippen molar-refractivity contribution in [3.63, 3.8) is 0 Å². The number of hydrogen-bond donors (Lipinski definition) is 1. The number of nitrogens with one attached hydrogen (secondary N) is 1. The molecule has 0 radical (unpaired) electrons. The zero-order valence-electron chi connectivity index (χ0n) is 11.9. The van der Waals surface area contributed by atoms with E-state index in [1.54, 1.807) is 0 Å². The molecule has 1 aliphatic heterocycles. The van der Waals surface area contributed by atoms with Gasteiger partial charge in [0.1, 0.15) is 0 Å². The molecule has 0 aromatic rings. The highest BCUT2D eigenvalue weighted by atomic mass is 32.2. The summed E-state index contributed by atoms with van der Waals surface area (Å²) in [5.74, 6) is 2.07. The Morgan fingerprint density at radius 1 is 1.22 bits per heavy atom. The van der Waals surface area contributed by atoms with Crippen LogP contribution in [0.25, 0.3) is 0 Å². The van der Waals surface area contributed by atoms with Gasteiger partial charge in [0.05, 0.1) is 11.5 Å². The first-order valence-electron chi connectivity index (χ1n) is 7.29. The topological polar surface area (TPSA) is 46.2 Å². The van der Waals surface area contributed by atoms with Crippen LogP contribution in [0.3, 0.4) is 0 Å². The summed E-state index contributed by atoms with van der Waals surface area (Å²) in [7, 11) is -2.80. The van der Waals surface area contributed by atoms with Gasteiger partial charge in [-0.25, -0.2) is 8.42 Å². The van der Waals surface area contributed by atoms with Gasteiger partial charge in [0.25, 0.3) is 0 Å². The van der Waals surface area contributed by atoms with Gasteiger partial charge in [-0.3, -0.25) is 0 Å². The maximum atomic E-state index is 11.7. The van der Waals surface area contributed by atoms with Crippen molar-refractivity contribution < 1.29 is 8.42 Å². The van der Waals surface area contributed by atoms with Gasteiger partial charge in [-0.2, -0.15) is 0 Å². The van der Waals surface area contributed by atoms with Crippen molar-refractivity contribution in [1.82, 2.24) is 5.32 Å². The minimum Gasteiger partial charge on any atom is -0.307 e. The zero-order valence-corrected chi connectivity index (χ0v) is 12.7. The molecule has 3 unspecified atom stereocenters. The molecule has 1 N–H and O–H groups in total. The SMILES string of the molecule is CC(C)C1CCCCC1NC1(C)CCS(=O)(=O)C1. The third-order valence-corrected chi connectivity index (χ3v) is 6.62. The van der Waals surface area contributed by atoms with Crippen LogP contribution in [-0.2, 0) is 9.84 Å². The molecule has 3 nitrogen and oxygen atoms in total. The fourth-order valence-electron chi connectivity index (χ4n) is 3.71. The molecule has 1 saturated carbocycles. The largest absolute Gasteiger partial charge is 0.307 e. The van der Waals surface area contributed by atoms with E-state index in [4.69, 9.17) is 0 Å². The fraction of sp³-hybridized carbons (Fsp3) is 1.00. The normalized spacial score (nSPS) is 40.2. The summed E-state index contributed by atoms with van der Waals surface area (Å²) in [6, 6.07) is 0.511. The Bertz CT molecular complexity index is 391. The molecule has 106 valence electrons. The standard InChI is InChI=1S/C14H27NO2S/c1-11(2)12-6-4-5-7-13(12)15-14(3)8-9-18(16,17)10-14/h11-13,15H,4-10H2,1-3H3. The predicted octanol–water partition coefficient (Wildman–Crippen LogP) is 2.37. The minimum atomic E-state index is -2.80. The lowest BCUT2D eigenvalue weighted by Gasteiger charge is -2.40. The maximum absolute atomic E-state index is 11.7. The van der Waals surface area contributed by atoms with Gasteiger partial charge in [0.15, 0.2) is 9.84 Å². The third-order valence-electron chi connectivity index (χ3n) is 4.71. The number of hydrogen-bond acceptors (Lipinski definition) is 3. The van der Waals surface area contributed by atoms with E-state index in [-0.39, 0.29) is 5.54 Å². The first-order valence-corrected chi connectivity index (χ1v) is 9.12. The monoisotopic (exact) mass is 273 g/mol. The highest BCUT2D eigenvalue weighted by molar-refractivity contribution is 7.91. The van der Waals surface area contributed by atoms with Gasteiger partial charge in [-0.15, -0.1) is 0 Å². The Morgan fingerprint density at radius 3 is 2.44 bits per heavy atom. The van der Waals surface area contributed by atoms with Crippen LogP contribution in [0.1, 0.15) is 52.9 Å². The molecule has 0 amide bonds. The van der Waals surface area contributed by atoms with Gasteiger partial charge in [0, 0.05) is 11.6 Å². The molecular formula is C14H27NO2S. The van der Waals surface area contributed by atoms with Crippen molar-refractivity contribution in [3.05, 3.63) is 0 Å². The molecule has 2 fully saturated rings. The summed E-state index contributed by atoms with van der Waals surface area (Å²) in [6.07, 6.45) is 5.88. The second-order valence-electron chi connectivity index (χ2n) is 6.85. The lowest BCUT2D eigenvalue weighted by atomic mass is 9.77. The first kappa shape index (κ1) is 14.3. The van der Waals surface area contributed by atoms with E-state index in [0.717, 1.165) is 6.42 Å². The van der Waals surface area contributed by atoms with Crippen LogP contribution in [0.5, 0.6) is 0 Å². The van der Waals surface area contributed by atoms with Crippen molar-refractivity contribution in [2.75, 3.05) is 11.5 Å². The molecule has 1 heterocycles. The Balaban J connectivity index is 2.03. The van der Waals surface area contributed by atoms with E-state index in [9.17, 15) is 8.42 Å². The fourth-order valence-corrected chi connectivity index (χ4v) is 5.81. The molecule has 3 atom stereocenters. The van der Waals surface area contributed by atoms with Gasteiger partial charge < -0.3 is 5.32 Å². The average molecular weight is 273 g/mol. The highest BCUT2D eigenvalue weighted by Crippen LogP contribution is 2.33. The zero-order chi connectivity index (χ0) is 13.4. The highest BCUT2D eigenvalue weighted by Gasteiger charge is 2.41. The summed E-state index contributed by atoms with van der Waals surface area (Å²) >= 11 is 0. The summed E-state index contributed by atoms with van der Waals surface area (Å²) in [6.45, 7) is 6.67. The van der Waals surface area contributed by atoms with E-state index in [0.29, 0.717) is 29.4 Å². The molecule has 1 aliphatic carbocycles. The van der Waals surface area contributed by atoms with E-state index >= 15 is 0 Å². The van der Waals surface area contributed by atoms with Crippen LogP contribution < -0.4 is 5.32 Å². The third kappa shape index (κ3) is 3.27. The number of rotatable bonds is 3. The molecule has 0 spiro atoms. The van der Waals surface area contributed by atoms with Crippen LogP contribution in [0, 0.1) is 11.8 Å². The first-order chi connectivity index (χ1) is 8.31. The molecule has 2 aliphatic rings. The Labute approximate surface area is 112 Å². The summed E-state index contributed by atoms with van der Waals surface area (Å²) in [4.78, 5) is 0. The van der Waals surface area contributed by atoms with Crippen molar-refractivity contribution in [1.29, 1.82) is 0 Å². The van der Waals surface area contributed by atoms with Crippen LogP contribution in [-0.4, -0.2) is 31.5 Å². The van der Waals surface area contributed by atoms with Crippen molar-refractivity contribution in [2.45, 2.75) is 64.5 Å². The maximum Gasteiger partial charge on any atom is 0.152 e. The van der Waals surface area contributed by atoms with E-state index in [2.05, 4.69) is 26.1 Å². The van der Waals surface area contributed by atoms with Crippen molar-refractivity contribution in [2.24, 2.45) is 11.8 Å². The minimum absolute atomic E-state index is 0.187. The Morgan fingerprint density at radius 2 is 1.89 bits per heavy atom. The molecular weight excluding hydrogens is 246 g/mol. The molecule has 18 heavy (non-hydrogen) atoms. The molecule has 0 bridgehead atoms.